The summed E-state index contributed by atoms with van der Waals surface area (Å²) in [5.74, 6) is -0.994. The van der Waals surface area contributed by atoms with Crippen molar-refractivity contribution in [3.8, 4) is 11.1 Å². The lowest BCUT2D eigenvalue weighted by atomic mass is 9.98. The van der Waals surface area contributed by atoms with Crippen molar-refractivity contribution in [2.45, 2.75) is 30.8 Å². The van der Waals surface area contributed by atoms with Gasteiger partial charge in [-0.2, -0.15) is 0 Å². The highest BCUT2D eigenvalue weighted by Crippen LogP contribution is 2.44. The quantitative estimate of drug-likeness (QED) is 0.574. The Balaban J connectivity index is 1.33. The third-order valence-corrected chi connectivity index (χ3v) is 6.85. The summed E-state index contributed by atoms with van der Waals surface area (Å²) in [5.41, 5.74) is 10.6. The van der Waals surface area contributed by atoms with Crippen molar-refractivity contribution >= 4 is 17.9 Å². The van der Waals surface area contributed by atoms with Crippen LogP contribution in [0.5, 0.6) is 0 Å². The number of benzene rings is 3. The number of nitrogens with zero attached hydrogens (tertiary/aromatic N) is 1. The molecule has 1 saturated heterocycles. The lowest BCUT2D eigenvalue weighted by Gasteiger charge is -2.28. The number of hydrogen-bond acceptors (Lipinski definition) is 4. The molecule has 2 aliphatic rings. The minimum Gasteiger partial charge on any atom is -0.449 e. The highest BCUT2D eigenvalue weighted by Gasteiger charge is 2.38. The molecular formula is C28H27N3O4. The van der Waals surface area contributed by atoms with E-state index in [1.807, 2.05) is 30.3 Å². The van der Waals surface area contributed by atoms with Crippen LogP contribution in [-0.4, -0.2) is 42.0 Å². The number of hydrogen-bond donors (Lipinski definition) is 2. The molecule has 0 spiro atoms. The average molecular weight is 470 g/mol. The first-order valence-electron chi connectivity index (χ1n) is 11.8. The fourth-order valence-corrected chi connectivity index (χ4v) is 5.18. The molecule has 3 amide bonds. The van der Waals surface area contributed by atoms with Crippen molar-refractivity contribution in [1.82, 2.24) is 10.2 Å². The molecule has 178 valence electrons. The summed E-state index contributed by atoms with van der Waals surface area (Å²) in [6.45, 7) is 0.561. The number of ether oxygens (including phenoxy) is 1. The molecular weight excluding hydrogens is 442 g/mol. The Hall–Kier alpha value is -4.13. The lowest BCUT2D eigenvalue weighted by molar-refractivity contribution is -0.139. The van der Waals surface area contributed by atoms with Crippen molar-refractivity contribution in [3.63, 3.8) is 0 Å². The first-order valence-corrected chi connectivity index (χ1v) is 11.8. The maximum Gasteiger partial charge on any atom is 0.408 e. The molecule has 3 aromatic rings. The number of fused-ring (bicyclic) bond motifs is 3. The van der Waals surface area contributed by atoms with E-state index in [0.717, 1.165) is 22.3 Å². The van der Waals surface area contributed by atoms with Crippen LogP contribution in [0.3, 0.4) is 0 Å². The molecule has 1 aliphatic carbocycles. The predicted octanol–water partition coefficient (Wildman–Crippen LogP) is 3.74. The zero-order valence-corrected chi connectivity index (χ0v) is 19.2. The Morgan fingerprint density at radius 2 is 1.51 bits per heavy atom. The molecule has 0 radical (unpaired) electrons. The van der Waals surface area contributed by atoms with Crippen LogP contribution >= 0.6 is 0 Å². The maximum absolute atomic E-state index is 13.4. The highest BCUT2D eigenvalue weighted by molar-refractivity contribution is 5.92. The summed E-state index contributed by atoms with van der Waals surface area (Å²) in [4.78, 5) is 39.7. The maximum atomic E-state index is 13.4. The molecule has 7 nitrogen and oxygen atoms in total. The molecule has 3 N–H and O–H groups in total. The van der Waals surface area contributed by atoms with Gasteiger partial charge >= 0.3 is 6.09 Å². The van der Waals surface area contributed by atoms with Gasteiger partial charge in [0.2, 0.25) is 5.91 Å². The van der Waals surface area contributed by atoms with Crippen LogP contribution < -0.4 is 11.1 Å². The molecule has 0 bridgehead atoms. The highest BCUT2D eigenvalue weighted by atomic mass is 16.5. The molecule has 1 heterocycles. The third-order valence-electron chi connectivity index (χ3n) is 6.85. The van der Waals surface area contributed by atoms with Gasteiger partial charge in [-0.25, -0.2) is 4.79 Å². The minimum atomic E-state index is -0.980. The van der Waals surface area contributed by atoms with E-state index < -0.39 is 24.1 Å². The van der Waals surface area contributed by atoms with Crippen LogP contribution in [0.2, 0.25) is 0 Å². The standard InChI is InChI=1S/C28H27N3O4/c29-26(32)24-15-8-16-31(24)27(33)25(18-9-2-1-3-10-18)30-28(34)35-17-23-21-13-6-4-11-19(21)20-12-5-7-14-22(20)23/h1-7,9-14,23-25H,8,15-17H2,(H2,29,32)(H,30,34)/t24-,25-/m0/s1. The number of amides is 3. The summed E-state index contributed by atoms with van der Waals surface area (Å²) in [7, 11) is 0. The minimum absolute atomic E-state index is 0.0862. The first-order chi connectivity index (χ1) is 17.0. The number of rotatable bonds is 6. The van der Waals surface area contributed by atoms with Gasteiger partial charge in [-0.05, 0) is 40.7 Å². The Morgan fingerprint density at radius 3 is 2.14 bits per heavy atom. The summed E-state index contributed by atoms with van der Waals surface area (Å²) >= 11 is 0. The molecule has 1 fully saturated rings. The zero-order valence-electron chi connectivity index (χ0n) is 19.2. The SMILES string of the molecule is NC(=O)[C@@H]1CCCN1C(=O)[C@@H](NC(=O)OCC1c2ccccc2-c2ccccc21)c1ccccc1. The molecule has 0 unspecified atom stereocenters. The molecule has 7 heteroatoms. The van der Waals surface area contributed by atoms with E-state index in [-0.39, 0.29) is 18.4 Å². The van der Waals surface area contributed by atoms with Gasteiger partial charge < -0.3 is 20.7 Å². The van der Waals surface area contributed by atoms with Gasteiger partial charge in [0.15, 0.2) is 0 Å². The van der Waals surface area contributed by atoms with E-state index in [0.29, 0.717) is 24.9 Å². The predicted molar refractivity (Wildman–Crippen MR) is 131 cm³/mol. The second-order valence-electron chi connectivity index (χ2n) is 8.91. The molecule has 2 atom stereocenters. The van der Waals surface area contributed by atoms with E-state index in [2.05, 4.69) is 29.6 Å². The van der Waals surface area contributed by atoms with Crippen LogP contribution in [0.15, 0.2) is 78.9 Å². The first kappa shape index (κ1) is 22.7. The number of primary amides is 1. The van der Waals surface area contributed by atoms with Gasteiger partial charge in [-0.1, -0.05) is 78.9 Å². The summed E-state index contributed by atoms with van der Waals surface area (Å²) in [6, 6.07) is 23.5. The van der Waals surface area contributed by atoms with Crippen molar-refractivity contribution < 1.29 is 19.1 Å². The van der Waals surface area contributed by atoms with Crippen molar-refractivity contribution in [2.75, 3.05) is 13.2 Å². The smallest absolute Gasteiger partial charge is 0.408 e. The number of nitrogens with two attached hydrogens (primary N) is 1. The summed E-state index contributed by atoms with van der Waals surface area (Å²) in [6.07, 6.45) is 0.517. The van der Waals surface area contributed by atoms with Gasteiger partial charge in [0.1, 0.15) is 18.7 Å². The molecule has 1 aliphatic heterocycles. The lowest BCUT2D eigenvalue weighted by Crippen LogP contribution is -2.49. The van der Waals surface area contributed by atoms with E-state index in [1.165, 1.54) is 4.90 Å². The second-order valence-corrected chi connectivity index (χ2v) is 8.91. The number of likely N-dealkylation sites (tertiary alicyclic amines) is 1. The summed E-state index contributed by atoms with van der Waals surface area (Å²) in [5, 5.41) is 2.74. The molecule has 35 heavy (non-hydrogen) atoms. The fraction of sp³-hybridized carbons (Fsp3) is 0.250. The Labute approximate surface area is 203 Å². The van der Waals surface area contributed by atoms with Gasteiger partial charge in [0, 0.05) is 12.5 Å². The van der Waals surface area contributed by atoms with E-state index in [1.54, 1.807) is 24.3 Å². The van der Waals surface area contributed by atoms with Crippen LogP contribution in [-0.2, 0) is 14.3 Å². The zero-order chi connectivity index (χ0) is 24.4. The average Bonchev–Trinajstić information content (AvgIpc) is 3.50. The van der Waals surface area contributed by atoms with Gasteiger partial charge in [0.05, 0.1) is 0 Å². The molecule has 0 saturated carbocycles. The Morgan fingerprint density at radius 1 is 0.914 bits per heavy atom. The van der Waals surface area contributed by atoms with Crippen LogP contribution in [0.4, 0.5) is 4.79 Å². The normalized spacial score (nSPS) is 17.4. The topological polar surface area (TPSA) is 102 Å². The van der Waals surface area contributed by atoms with Gasteiger partial charge in [-0.3, -0.25) is 9.59 Å². The van der Waals surface area contributed by atoms with Crippen molar-refractivity contribution in [3.05, 3.63) is 95.6 Å². The Bertz CT molecular complexity index is 1210. The number of carbonyl (C=O) groups is 3. The van der Waals surface area contributed by atoms with Crippen LogP contribution in [0.1, 0.15) is 41.5 Å². The van der Waals surface area contributed by atoms with Crippen LogP contribution in [0, 0.1) is 0 Å². The fourth-order valence-electron chi connectivity index (χ4n) is 5.18. The van der Waals surface area contributed by atoms with Crippen LogP contribution in [0.25, 0.3) is 11.1 Å². The summed E-state index contributed by atoms with van der Waals surface area (Å²) < 4.78 is 5.67. The number of alkyl carbamates (subject to hydrolysis) is 1. The molecule has 5 rings (SSSR count). The monoisotopic (exact) mass is 469 g/mol. The van der Waals surface area contributed by atoms with E-state index in [9.17, 15) is 14.4 Å². The number of carbonyl (C=O) groups excluding carboxylic acids is 3. The largest absolute Gasteiger partial charge is 0.449 e. The Kier molecular flexibility index (Phi) is 6.23. The van der Waals surface area contributed by atoms with E-state index in [4.69, 9.17) is 10.5 Å². The van der Waals surface area contributed by atoms with Gasteiger partial charge in [-0.15, -0.1) is 0 Å². The third kappa shape index (κ3) is 4.37. The van der Waals surface area contributed by atoms with Gasteiger partial charge in [0.25, 0.3) is 5.91 Å². The van der Waals surface area contributed by atoms with Crippen molar-refractivity contribution in [2.24, 2.45) is 5.73 Å². The van der Waals surface area contributed by atoms with Crippen molar-refractivity contribution in [1.29, 1.82) is 0 Å². The van der Waals surface area contributed by atoms with E-state index >= 15 is 0 Å². The number of nitrogens with one attached hydrogen (secondary N) is 1. The molecule has 3 aromatic carbocycles. The second kappa shape index (κ2) is 9.62. The molecule has 0 aromatic heterocycles.